The second-order valence-corrected chi connectivity index (χ2v) is 11.1. The van der Waals surface area contributed by atoms with Crippen LogP contribution in [-0.4, -0.2) is 29.6 Å². The van der Waals surface area contributed by atoms with Crippen molar-refractivity contribution in [3.05, 3.63) is 89.1 Å². The summed E-state index contributed by atoms with van der Waals surface area (Å²) in [6.45, 7) is 5.38. The molecule has 0 amide bonds. The number of rotatable bonds is 5. The zero-order valence-corrected chi connectivity index (χ0v) is 20.4. The van der Waals surface area contributed by atoms with Gasteiger partial charge < -0.3 is 5.11 Å². The van der Waals surface area contributed by atoms with Gasteiger partial charge in [0, 0.05) is 11.8 Å². The summed E-state index contributed by atoms with van der Waals surface area (Å²) < 4.78 is 25.7. The third kappa shape index (κ3) is 4.74. The monoisotopic (exact) mass is 480 g/mol. The Labute approximate surface area is 199 Å². The molecule has 1 heterocycles. The van der Waals surface area contributed by atoms with Gasteiger partial charge in [-0.3, -0.25) is 0 Å². The zero-order valence-electron chi connectivity index (χ0n) is 18.9. The summed E-state index contributed by atoms with van der Waals surface area (Å²) in [7, 11) is -3.29. The van der Waals surface area contributed by atoms with Crippen molar-refractivity contribution in [1.29, 1.82) is 0 Å². The van der Waals surface area contributed by atoms with E-state index in [-0.39, 0.29) is 4.90 Å². The van der Waals surface area contributed by atoms with Gasteiger partial charge >= 0.3 is 0 Å². The van der Waals surface area contributed by atoms with Crippen molar-refractivity contribution in [3.63, 3.8) is 0 Å². The van der Waals surface area contributed by atoms with Crippen LogP contribution in [0, 0.1) is 6.92 Å². The maximum atomic E-state index is 12.0. The van der Waals surface area contributed by atoms with E-state index in [1.807, 2.05) is 55.5 Å². The highest BCUT2D eigenvalue weighted by atomic mass is 35.5. The van der Waals surface area contributed by atoms with Crippen LogP contribution in [0.4, 0.5) is 0 Å². The van der Waals surface area contributed by atoms with Crippen LogP contribution in [0.1, 0.15) is 25.1 Å². The maximum absolute atomic E-state index is 12.0. The molecule has 170 valence electrons. The van der Waals surface area contributed by atoms with Crippen LogP contribution in [0.25, 0.3) is 28.1 Å². The smallest absolute Gasteiger partial charge is 0.175 e. The van der Waals surface area contributed by atoms with E-state index < -0.39 is 15.4 Å². The molecule has 0 radical (unpaired) electrons. The largest absolute Gasteiger partial charge is 0.384 e. The lowest BCUT2D eigenvalue weighted by molar-refractivity contribution is 0.0734. The molecule has 0 aliphatic carbocycles. The topological polar surface area (TPSA) is 72.2 Å². The lowest BCUT2D eigenvalue weighted by atomic mass is 9.97. The molecule has 1 aromatic heterocycles. The number of hydrogen-bond donors (Lipinski definition) is 1. The molecule has 0 saturated heterocycles. The Hall–Kier alpha value is -2.93. The first-order valence-corrected chi connectivity index (χ1v) is 12.7. The minimum atomic E-state index is -3.29. The van der Waals surface area contributed by atoms with E-state index >= 15 is 0 Å². The Balaban J connectivity index is 1.86. The average molecular weight is 481 g/mol. The predicted octanol–water partition coefficient (Wildman–Crippen LogP) is 5.80. The van der Waals surface area contributed by atoms with E-state index in [4.69, 9.17) is 11.6 Å². The molecule has 0 atom stereocenters. The summed E-state index contributed by atoms with van der Waals surface area (Å²) in [6.07, 6.45) is 1.20. The fraction of sp³-hybridized carbons (Fsp3) is 0.192. The van der Waals surface area contributed by atoms with E-state index in [9.17, 15) is 13.5 Å². The molecule has 4 rings (SSSR count). The lowest BCUT2D eigenvalue weighted by Crippen LogP contribution is -2.16. The molecule has 1 N–H and O–H groups in total. The van der Waals surface area contributed by atoms with Crippen molar-refractivity contribution in [2.24, 2.45) is 0 Å². The molecule has 0 bridgehead atoms. The molecule has 0 unspecified atom stereocenters. The van der Waals surface area contributed by atoms with Crippen molar-refractivity contribution in [2.75, 3.05) is 6.26 Å². The summed E-state index contributed by atoms with van der Waals surface area (Å²) in [4.78, 5) is 0.286. The Kier molecular flexibility index (Phi) is 5.95. The Morgan fingerprint density at radius 3 is 2.27 bits per heavy atom. The molecule has 0 fully saturated rings. The Bertz CT molecular complexity index is 1450. The molecular weight excluding hydrogens is 456 g/mol. The Morgan fingerprint density at radius 2 is 1.64 bits per heavy atom. The van der Waals surface area contributed by atoms with Gasteiger partial charge in [-0.2, -0.15) is 5.10 Å². The van der Waals surface area contributed by atoms with Crippen LogP contribution in [0.3, 0.4) is 0 Å². The highest BCUT2D eigenvalue weighted by molar-refractivity contribution is 7.90. The molecule has 3 aromatic carbocycles. The van der Waals surface area contributed by atoms with Gasteiger partial charge in [0.05, 0.1) is 27.0 Å². The molecular formula is C26H25ClN2O3S. The van der Waals surface area contributed by atoms with E-state index in [2.05, 4.69) is 5.10 Å². The Morgan fingerprint density at radius 1 is 0.939 bits per heavy atom. The normalized spacial score (nSPS) is 12.2. The van der Waals surface area contributed by atoms with Gasteiger partial charge in [-0.05, 0) is 67.8 Å². The SMILES string of the molecule is Cc1cc(-c2cccc(S(C)(=O)=O)c2)ccc1-c1cc(C(C)(C)O)nn1-c1ccccc1Cl. The number of aryl methyl sites for hydroxylation is 1. The third-order valence-electron chi connectivity index (χ3n) is 5.51. The predicted molar refractivity (Wildman–Crippen MR) is 133 cm³/mol. The zero-order chi connectivity index (χ0) is 24.0. The molecule has 0 spiro atoms. The van der Waals surface area contributed by atoms with Crippen LogP contribution in [0.2, 0.25) is 5.02 Å². The highest BCUT2D eigenvalue weighted by Crippen LogP contribution is 2.34. The average Bonchev–Trinajstić information content (AvgIpc) is 3.19. The van der Waals surface area contributed by atoms with Crippen LogP contribution in [-0.2, 0) is 15.4 Å². The van der Waals surface area contributed by atoms with Crippen molar-refractivity contribution < 1.29 is 13.5 Å². The van der Waals surface area contributed by atoms with Gasteiger partial charge in [0.1, 0.15) is 5.60 Å². The maximum Gasteiger partial charge on any atom is 0.175 e. The number of aromatic nitrogens is 2. The summed E-state index contributed by atoms with van der Waals surface area (Å²) in [5.41, 5.74) is 4.57. The molecule has 7 heteroatoms. The lowest BCUT2D eigenvalue weighted by Gasteiger charge is -2.13. The summed E-state index contributed by atoms with van der Waals surface area (Å²) in [5, 5.41) is 15.8. The van der Waals surface area contributed by atoms with Gasteiger partial charge in [0.2, 0.25) is 0 Å². The van der Waals surface area contributed by atoms with Gasteiger partial charge in [-0.1, -0.05) is 54.1 Å². The number of halogens is 1. The van der Waals surface area contributed by atoms with Crippen molar-refractivity contribution >= 4 is 21.4 Å². The fourth-order valence-corrected chi connectivity index (χ4v) is 4.60. The summed E-state index contributed by atoms with van der Waals surface area (Å²) in [5.74, 6) is 0. The second-order valence-electron chi connectivity index (χ2n) is 8.67. The van der Waals surface area contributed by atoms with E-state index in [0.29, 0.717) is 16.4 Å². The number of hydrogen-bond acceptors (Lipinski definition) is 4. The number of benzene rings is 3. The molecule has 0 aliphatic heterocycles. The highest BCUT2D eigenvalue weighted by Gasteiger charge is 2.24. The van der Waals surface area contributed by atoms with Gasteiger partial charge in [-0.25, -0.2) is 13.1 Å². The standard InChI is InChI=1S/C26H25ClN2O3S/c1-17-14-19(18-8-7-9-20(15-18)33(4,31)32)12-13-21(17)24-16-25(26(2,3)30)28-29(24)23-11-6-5-10-22(23)27/h5-16,30H,1-4H3. The van der Waals surface area contributed by atoms with Crippen LogP contribution < -0.4 is 0 Å². The quantitative estimate of drug-likeness (QED) is 0.392. The minimum absolute atomic E-state index is 0.286. The molecule has 0 saturated carbocycles. The van der Waals surface area contributed by atoms with Gasteiger partial charge in [0.15, 0.2) is 9.84 Å². The van der Waals surface area contributed by atoms with E-state index in [1.165, 1.54) is 6.26 Å². The first-order valence-electron chi connectivity index (χ1n) is 10.4. The van der Waals surface area contributed by atoms with Crippen LogP contribution in [0.5, 0.6) is 0 Å². The minimum Gasteiger partial charge on any atom is -0.384 e. The van der Waals surface area contributed by atoms with Gasteiger partial charge in [-0.15, -0.1) is 0 Å². The van der Waals surface area contributed by atoms with E-state index in [1.54, 1.807) is 42.8 Å². The molecule has 33 heavy (non-hydrogen) atoms. The molecule has 4 aromatic rings. The van der Waals surface area contributed by atoms with Crippen LogP contribution >= 0.6 is 11.6 Å². The molecule has 5 nitrogen and oxygen atoms in total. The number of sulfone groups is 1. The summed E-state index contributed by atoms with van der Waals surface area (Å²) >= 11 is 6.47. The number of nitrogens with zero attached hydrogens (tertiary/aromatic N) is 2. The fourth-order valence-electron chi connectivity index (χ4n) is 3.72. The summed E-state index contributed by atoms with van der Waals surface area (Å²) in [6, 6.07) is 22.2. The number of para-hydroxylation sites is 1. The first-order chi connectivity index (χ1) is 15.4. The van der Waals surface area contributed by atoms with Crippen molar-refractivity contribution in [2.45, 2.75) is 31.3 Å². The van der Waals surface area contributed by atoms with Crippen molar-refractivity contribution in [1.82, 2.24) is 9.78 Å². The van der Waals surface area contributed by atoms with E-state index in [0.717, 1.165) is 27.9 Å². The third-order valence-corrected chi connectivity index (χ3v) is 6.94. The van der Waals surface area contributed by atoms with Gasteiger partial charge in [0.25, 0.3) is 0 Å². The number of aliphatic hydroxyl groups is 1. The second kappa shape index (κ2) is 8.45. The first kappa shape index (κ1) is 23.2. The van der Waals surface area contributed by atoms with Crippen molar-refractivity contribution in [3.8, 4) is 28.1 Å². The molecule has 0 aliphatic rings. The van der Waals surface area contributed by atoms with Crippen LogP contribution in [0.15, 0.2) is 77.7 Å².